The lowest BCUT2D eigenvalue weighted by atomic mass is 10.0. The lowest BCUT2D eigenvalue weighted by Gasteiger charge is -2.25. The summed E-state index contributed by atoms with van der Waals surface area (Å²) in [6.45, 7) is 0. The Labute approximate surface area is 286 Å². The standard InChI is InChI=1S/C45H28N2OS/c1-2-9-29(10-3-1)30-17-21-34(22-18-30)47(44-27-40-39-25-32-11-4-5-12-33(32)26-42(39)49-43(40)28-46-44)35-23-19-31(20-24-35)36-14-8-15-38-37-13-6-7-16-41(37)48-45(36)38/h1-28H. The quantitative estimate of drug-likeness (QED) is 0.187. The van der Waals surface area contributed by atoms with Crippen LogP contribution < -0.4 is 4.90 Å². The summed E-state index contributed by atoms with van der Waals surface area (Å²) in [6, 6.07) is 58.1. The molecule has 230 valence electrons. The Morgan fingerprint density at radius 1 is 0.469 bits per heavy atom. The van der Waals surface area contributed by atoms with E-state index in [-0.39, 0.29) is 0 Å². The first-order chi connectivity index (χ1) is 24.3. The van der Waals surface area contributed by atoms with Gasteiger partial charge in [-0.3, -0.25) is 4.90 Å². The van der Waals surface area contributed by atoms with Crippen molar-refractivity contribution >= 4 is 81.4 Å². The molecule has 0 aliphatic rings. The number of para-hydroxylation sites is 2. The number of anilines is 3. The number of thiophene rings is 1. The molecule has 49 heavy (non-hydrogen) atoms. The van der Waals surface area contributed by atoms with Gasteiger partial charge >= 0.3 is 0 Å². The Bertz CT molecular complexity index is 2810. The molecule has 3 nitrogen and oxygen atoms in total. The van der Waals surface area contributed by atoms with Crippen LogP contribution in [0.15, 0.2) is 174 Å². The van der Waals surface area contributed by atoms with Gasteiger partial charge in [-0.25, -0.2) is 4.98 Å². The molecule has 0 spiro atoms. The minimum absolute atomic E-state index is 0.875. The van der Waals surface area contributed by atoms with Gasteiger partial charge in [0, 0.05) is 49.4 Å². The number of aromatic nitrogens is 1. The number of fused-ring (bicyclic) bond motifs is 7. The molecule has 0 atom stereocenters. The van der Waals surface area contributed by atoms with Crippen molar-refractivity contribution in [2.24, 2.45) is 0 Å². The SMILES string of the molecule is c1ccc(-c2ccc(N(c3ccc(-c4cccc5c4oc4ccccc45)cc3)c3cc4c(cn3)sc3cc5ccccc5cc34)cc2)cc1. The molecule has 10 aromatic rings. The average Bonchev–Trinajstić information content (AvgIpc) is 3.73. The van der Waals surface area contributed by atoms with Crippen molar-refractivity contribution in [1.82, 2.24) is 4.98 Å². The van der Waals surface area contributed by atoms with E-state index in [4.69, 9.17) is 9.40 Å². The first kappa shape index (κ1) is 27.8. The van der Waals surface area contributed by atoms with Crippen molar-refractivity contribution in [3.05, 3.63) is 170 Å². The predicted molar refractivity (Wildman–Crippen MR) is 207 cm³/mol. The van der Waals surface area contributed by atoms with Crippen molar-refractivity contribution in [3.63, 3.8) is 0 Å². The predicted octanol–water partition coefficient (Wildman–Crippen LogP) is 13.3. The third kappa shape index (κ3) is 4.68. The highest BCUT2D eigenvalue weighted by molar-refractivity contribution is 7.25. The largest absolute Gasteiger partial charge is 0.455 e. The summed E-state index contributed by atoms with van der Waals surface area (Å²) in [7, 11) is 0. The Morgan fingerprint density at radius 3 is 1.90 bits per heavy atom. The monoisotopic (exact) mass is 644 g/mol. The number of pyridine rings is 1. The number of nitrogens with zero attached hydrogens (tertiary/aromatic N) is 2. The summed E-state index contributed by atoms with van der Waals surface area (Å²) in [4.78, 5) is 7.33. The highest BCUT2D eigenvalue weighted by atomic mass is 32.1. The van der Waals surface area contributed by atoms with Gasteiger partial charge in [0.15, 0.2) is 0 Å². The summed E-state index contributed by atoms with van der Waals surface area (Å²) >= 11 is 1.80. The molecule has 0 saturated carbocycles. The van der Waals surface area contributed by atoms with E-state index in [0.717, 1.165) is 50.3 Å². The second-order valence-electron chi connectivity index (χ2n) is 12.4. The zero-order chi connectivity index (χ0) is 32.3. The molecule has 0 aliphatic carbocycles. The third-order valence-corrected chi connectivity index (χ3v) is 10.6. The van der Waals surface area contributed by atoms with Crippen LogP contribution in [0.4, 0.5) is 17.2 Å². The molecule has 0 N–H and O–H groups in total. The maximum absolute atomic E-state index is 6.38. The Kier molecular flexibility index (Phi) is 6.36. The topological polar surface area (TPSA) is 29.3 Å². The molecule has 0 unspecified atom stereocenters. The fraction of sp³-hybridized carbons (Fsp3) is 0. The van der Waals surface area contributed by atoms with Gasteiger partial charge in [0.2, 0.25) is 0 Å². The molecular weight excluding hydrogens is 617 g/mol. The van der Waals surface area contributed by atoms with Gasteiger partial charge in [0.25, 0.3) is 0 Å². The van der Waals surface area contributed by atoms with Crippen LogP contribution in [0.2, 0.25) is 0 Å². The Balaban J connectivity index is 1.11. The molecule has 0 fully saturated rings. The smallest absolute Gasteiger partial charge is 0.143 e. The van der Waals surface area contributed by atoms with Crippen LogP contribution in [0.3, 0.4) is 0 Å². The van der Waals surface area contributed by atoms with E-state index in [1.807, 2.05) is 18.3 Å². The van der Waals surface area contributed by atoms with Gasteiger partial charge in [0.05, 0.1) is 4.70 Å². The van der Waals surface area contributed by atoms with E-state index in [0.29, 0.717) is 0 Å². The number of hydrogen-bond acceptors (Lipinski definition) is 4. The van der Waals surface area contributed by atoms with E-state index in [9.17, 15) is 0 Å². The summed E-state index contributed by atoms with van der Waals surface area (Å²) < 4.78 is 8.83. The first-order valence-corrected chi connectivity index (χ1v) is 17.3. The zero-order valence-corrected chi connectivity index (χ0v) is 27.2. The van der Waals surface area contributed by atoms with Gasteiger partial charge in [-0.2, -0.15) is 0 Å². The van der Waals surface area contributed by atoms with E-state index < -0.39 is 0 Å². The van der Waals surface area contributed by atoms with Crippen molar-refractivity contribution in [1.29, 1.82) is 0 Å². The second-order valence-corrected chi connectivity index (χ2v) is 13.5. The fourth-order valence-corrected chi connectivity index (χ4v) is 8.18. The van der Waals surface area contributed by atoms with E-state index in [1.54, 1.807) is 11.3 Å². The van der Waals surface area contributed by atoms with Crippen LogP contribution in [-0.4, -0.2) is 4.98 Å². The average molecular weight is 645 g/mol. The van der Waals surface area contributed by atoms with Gasteiger partial charge in [-0.05, 0) is 76.0 Å². The van der Waals surface area contributed by atoms with Crippen LogP contribution in [-0.2, 0) is 0 Å². The molecule has 0 saturated heterocycles. The van der Waals surface area contributed by atoms with Gasteiger partial charge in [-0.15, -0.1) is 11.3 Å². The van der Waals surface area contributed by atoms with Gasteiger partial charge in [-0.1, -0.05) is 115 Å². The Morgan fingerprint density at radius 2 is 1.10 bits per heavy atom. The molecule has 4 heteroatoms. The fourth-order valence-electron chi connectivity index (χ4n) is 7.09. The molecular formula is C45H28N2OS. The summed E-state index contributed by atoms with van der Waals surface area (Å²) in [5, 5.41) is 7.25. The molecule has 0 radical (unpaired) electrons. The molecule has 0 bridgehead atoms. The molecule has 0 amide bonds. The lowest BCUT2D eigenvalue weighted by Crippen LogP contribution is -2.11. The molecule has 3 heterocycles. The van der Waals surface area contributed by atoms with Crippen molar-refractivity contribution in [2.75, 3.05) is 4.90 Å². The van der Waals surface area contributed by atoms with Crippen LogP contribution in [0.25, 0.3) is 75.1 Å². The van der Waals surface area contributed by atoms with Crippen molar-refractivity contribution < 1.29 is 4.42 Å². The zero-order valence-electron chi connectivity index (χ0n) is 26.4. The lowest BCUT2D eigenvalue weighted by molar-refractivity contribution is 0.670. The first-order valence-electron chi connectivity index (χ1n) is 16.4. The van der Waals surface area contributed by atoms with E-state index >= 15 is 0 Å². The third-order valence-electron chi connectivity index (χ3n) is 9.51. The van der Waals surface area contributed by atoms with Crippen molar-refractivity contribution in [3.8, 4) is 22.3 Å². The summed E-state index contributed by atoms with van der Waals surface area (Å²) in [5.41, 5.74) is 8.45. The molecule has 7 aromatic carbocycles. The minimum Gasteiger partial charge on any atom is -0.455 e. The van der Waals surface area contributed by atoms with E-state index in [1.165, 1.54) is 42.1 Å². The summed E-state index contributed by atoms with van der Waals surface area (Å²) in [5.74, 6) is 0.875. The highest BCUT2D eigenvalue weighted by Crippen LogP contribution is 2.42. The number of furan rings is 1. The highest BCUT2D eigenvalue weighted by Gasteiger charge is 2.18. The van der Waals surface area contributed by atoms with Crippen LogP contribution in [0, 0.1) is 0 Å². The van der Waals surface area contributed by atoms with Gasteiger partial charge < -0.3 is 4.42 Å². The van der Waals surface area contributed by atoms with Crippen LogP contribution >= 0.6 is 11.3 Å². The number of hydrogen-bond donors (Lipinski definition) is 0. The van der Waals surface area contributed by atoms with Crippen molar-refractivity contribution in [2.45, 2.75) is 0 Å². The Hall–Kier alpha value is -6.23. The number of rotatable bonds is 5. The maximum atomic E-state index is 6.38. The van der Waals surface area contributed by atoms with Crippen LogP contribution in [0.1, 0.15) is 0 Å². The maximum Gasteiger partial charge on any atom is 0.143 e. The van der Waals surface area contributed by atoms with Gasteiger partial charge in [0.1, 0.15) is 17.0 Å². The number of benzene rings is 7. The van der Waals surface area contributed by atoms with Crippen LogP contribution in [0.5, 0.6) is 0 Å². The molecule has 3 aromatic heterocycles. The second kappa shape index (κ2) is 11.2. The normalized spacial score (nSPS) is 11.7. The summed E-state index contributed by atoms with van der Waals surface area (Å²) in [6.07, 6.45) is 2.03. The molecule has 0 aliphatic heterocycles. The minimum atomic E-state index is 0.875. The molecule has 10 rings (SSSR count). The van der Waals surface area contributed by atoms with E-state index in [2.05, 4.69) is 157 Å².